The highest BCUT2D eigenvalue weighted by Gasteiger charge is 2.19. The molecule has 0 saturated carbocycles. The van der Waals surface area contributed by atoms with Crippen LogP contribution in [-0.2, 0) is 16.1 Å². The summed E-state index contributed by atoms with van der Waals surface area (Å²) in [6.07, 6.45) is 2.61. The standard InChI is InChI=1S/C15H22N2O2/c1-2-16-11-12-6-3-4-8-14(12)17-15(18)10-13-7-5-9-19-13/h3-4,6,8,13,16H,2,5,7,9-11H2,1H3,(H,17,18). The Morgan fingerprint density at radius 1 is 1.42 bits per heavy atom. The predicted molar refractivity (Wildman–Crippen MR) is 76.0 cm³/mol. The molecule has 0 spiro atoms. The third kappa shape index (κ3) is 4.33. The van der Waals surface area contributed by atoms with Crippen LogP contribution in [-0.4, -0.2) is 25.2 Å². The van der Waals surface area contributed by atoms with E-state index in [0.29, 0.717) is 6.42 Å². The van der Waals surface area contributed by atoms with Crippen molar-refractivity contribution in [1.82, 2.24) is 5.32 Å². The number of carbonyl (C=O) groups is 1. The predicted octanol–water partition coefficient (Wildman–Crippen LogP) is 2.30. The summed E-state index contributed by atoms with van der Waals surface area (Å²) in [5.74, 6) is 0.0378. The first kappa shape index (κ1) is 14.0. The summed E-state index contributed by atoms with van der Waals surface area (Å²) in [7, 11) is 0. The molecule has 1 aromatic carbocycles. The average molecular weight is 262 g/mol. The Morgan fingerprint density at radius 3 is 3.00 bits per heavy atom. The van der Waals surface area contributed by atoms with Crippen LogP contribution in [0.25, 0.3) is 0 Å². The second-order valence-corrected chi connectivity index (χ2v) is 4.82. The number of amides is 1. The molecule has 1 aliphatic rings. The zero-order chi connectivity index (χ0) is 13.5. The maximum absolute atomic E-state index is 12.0. The number of carbonyl (C=O) groups excluding carboxylic acids is 1. The summed E-state index contributed by atoms with van der Waals surface area (Å²) in [5, 5.41) is 6.26. The van der Waals surface area contributed by atoms with Gasteiger partial charge in [0.25, 0.3) is 0 Å². The van der Waals surface area contributed by atoms with Crippen LogP contribution in [0.15, 0.2) is 24.3 Å². The summed E-state index contributed by atoms with van der Waals surface area (Å²) >= 11 is 0. The Balaban J connectivity index is 1.91. The third-order valence-corrected chi connectivity index (χ3v) is 3.29. The molecular weight excluding hydrogens is 240 g/mol. The first-order chi connectivity index (χ1) is 9.29. The van der Waals surface area contributed by atoms with Gasteiger partial charge in [-0.25, -0.2) is 0 Å². The lowest BCUT2D eigenvalue weighted by molar-refractivity contribution is -0.118. The highest BCUT2D eigenvalue weighted by atomic mass is 16.5. The summed E-state index contributed by atoms with van der Waals surface area (Å²) in [6.45, 7) is 4.54. The fraction of sp³-hybridized carbons (Fsp3) is 0.533. The van der Waals surface area contributed by atoms with E-state index in [9.17, 15) is 4.79 Å². The minimum Gasteiger partial charge on any atom is -0.378 e. The van der Waals surface area contributed by atoms with Crippen molar-refractivity contribution in [2.75, 3.05) is 18.5 Å². The number of rotatable bonds is 6. The minimum absolute atomic E-state index is 0.0378. The Kier molecular flexibility index (Phi) is 5.36. The molecule has 1 fully saturated rings. The maximum atomic E-state index is 12.0. The molecule has 0 bridgehead atoms. The number of anilines is 1. The van der Waals surface area contributed by atoms with Crippen LogP contribution in [0.3, 0.4) is 0 Å². The van der Waals surface area contributed by atoms with Crippen LogP contribution >= 0.6 is 0 Å². The molecule has 2 N–H and O–H groups in total. The summed E-state index contributed by atoms with van der Waals surface area (Å²) in [6, 6.07) is 7.91. The van der Waals surface area contributed by atoms with E-state index in [1.807, 2.05) is 24.3 Å². The number of ether oxygens (including phenoxy) is 1. The van der Waals surface area contributed by atoms with Crippen molar-refractivity contribution in [2.45, 2.75) is 38.8 Å². The Morgan fingerprint density at radius 2 is 2.26 bits per heavy atom. The largest absolute Gasteiger partial charge is 0.378 e. The third-order valence-electron chi connectivity index (χ3n) is 3.29. The van der Waals surface area contributed by atoms with E-state index >= 15 is 0 Å². The van der Waals surface area contributed by atoms with Crippen LogP contribution < -0.4 is 10.6 Å². The van der Waals surface area contributed by atoms with Gasteiger partial charge in [0.2, 0.25) is 5.91 Å². The van der Waals surface area contributed by atoms with Crippen LogP contribution in [0.1, 0.15) is 31.7 Å². The molecule has 1 unspecified atom stereocenters. The first-order valence-electron chi connectivity index (χ1n) is 6.99. The Labute approximate surface area is 114 Å². The molecule has 4 nitrogen and oxygen atoms in total. The van der Waals surface area contributed by atoms with E-state index in [4.69, 9.17) is 4.74 Å². The maximum Gasteiger partial charge on any atom is 0.226 e. The van der Waals surface area contributed by atoms with E-state index in [2.05, 4.69) is 17.6 Å². The molecule has 1 atom stereocenters. The number of hydrogen-bond acceptors (Lipinski definition) is 3. The zero-order valence-electron chi connectivity index (χ0n) is 11.4. The van der Waals surface area contributed by atoms with Crippen LogP contribution in [0.2, 0.25) is 0 Å². The van der Waals surface area contributed by atoms with Crippen LogP contribution in [0.5, 0.6) is 0 Å². The molecule has 1 saturated heterocycles. The van der Waals surface area contributed by atoms with E-state index in [-0.39, 0.29) is 12.0 Å². The van der Waals surface area contributed by atoms with Gasteiger partial charge >= 0.3 is 0 Å². The smallest absolute Gasteiger partial charge is 0.226 e. The molecular formula is C15H22N2O2. The van der Waals surface area contributed by atoms with Gasteiger partial charge in [-0.1, -0.05) is 25.1 Å². The van der Waals surface area contributed by atoms with Gasteiger partial charge < -0.3 is 15.4 Å². The van der Waals surface area contributed by atoms with Gasteiger partial charge in [0, 0.05) is 18.8 Å². The molecule has 19 heavy (non-hydrogen) atoms. The molecule has 1 aliphatic heterocycles. The monoisotopic (exact) mass is 262 g/mol. The van der Waals surface area contributed by atoms with Crippen molar-refractivity contribution in [3.8, 4) is 0 Å². The Hall–Kier alpha value is -1.39. The summed E-state index contributed by atoms with van der Waals surface area (Å²) < 4.78 is 5.48. The van der Waals surface area contributed by atoms with Crippen molar-refractivity contribution in [3.05, 3.63) is 29.8 Å². The van der Waals surface area contributed by atoms with E-state index < -0.39 is 0 Å². The van der Waals surface area contributed by atoms with Crippen molar-refractivity contribution in [2.24, 2.45) is 0 Å². The molecule has 2 rings (SSSR count). The fourth-order valence-corrected chi connectivity index (χ4v) is 2.27. The SMILES string of the molecule is CCNCc1ccccc1NC(=O)CC1CCCO1. The normalized spacial score (nSPS) is 18.5. The lowest BCUT2D eigenvalue weighted by Gasteiger charge is -2.13. The van der Waals surface area contributed by atoms with E-state index in [0.717, 1.165) is 43.8 Å². The van der Waals surface area contributed by atoms with Gasteiger partial charge in [-0.2, -0.15) is 0 Å². The minimum atomic E-state index is 0.0378. The van der Waals surface area contributed by atoms with Gasteiger partial charge in [0.15, 0.2) is 0 Å². The summed E-state index contributed by atoms with van der Waals surface area (Å²) in [5.41, 5.74) is 2.01. The molecule has 4 heteroatoms. The van der Waals surface area contributed by atoms with Crippen molar-refractivity contribution >= 4 is 11.6 Å². The second-order valence-electron chi connectivity index (χ2n) is 4.82. The van der Waals surface area contributed by atoms with Gasteiger partial charge in [0.1, 0.15) is 0 Å². The highest BCUT2D eigenvalue weighted by Crippen LogP contribution is 2.18. The van der Waals surface area contributed by atoms with Gasteiger partial charge in [0.05, 0.1) is 12.5 Å². The molecule has 0 radical (unpaired) electrons. The zero-order valence-corrected chi connectivity index (χ0v) is 11.4. The lowest BCUT2D eigenvalue weighted by atomic mass is 10.1. The molecule has 0 aliphatic carbocycles. The highest BCUT2D eigenvalue weighted by molar-refractivity contribution is 5.91. The number of hydrogen-bond donors (Lipinski definition) is 2. The van der Waals surface area contributed by atoms with Crippen LogP contribution in [0, 0.1) is 0 Å². The lowest BCUT2D eigenvalue weighted by Crippen LogP contribution is -2.21. The second kappa shape index (κ2) is 7.26. The topological polar surface area (TPSA) is 50.4 Å². The number of benzene rings is 1. The number of para-hydroxylation sites is 1. The molecule has 1 amide bonds. The quantitative estimate of drug-likeness (QED) is 0.827. The van der Waals surface area contributed by atoms with Gasteiger partial charge in [-0.05, 0) is 31.0 Å². The molecule has 1 heterocycles. The van der Waals surface area contributed by atoms with Gasteiger partial charge in [-0.3, -0.25) is 4.79 Å². The number of nitrogens with one attached hydrogen (secondary N) is 2. The van der Waals surface area contributed by atoms with E-state index in [1.165, 1.54) is 0 Å². The first-order valence-corrected chi connectivity index (χ1v) is 6.99. The fourth-order valence-electron chi connectivity index (χ4n) is 2.27. The Bertz CT molecular complexity index is 414. The van der Waals surface area contributed by atoms with Crippen molar-refractivity contribution in [1.29, 1.82) is 0 Å². The van der Waals surface area contributed by atoms with Crippen molar-refractivity contribution < 1.29 is 9.53 Å². The molecule has 1 aromatic rings. The van der Waals surface area contributed by atoms with E-state index in [1.54, 1.807) is 0 Å². The molecule has 104 valence electrons. The van der Waals surface area contributed by atoms with Crippen molar-refractivity contribution in [3.63, 3.8) is 0 Å². The molecule has 0 aromatic heterocycles. The van der Waals surface area contributed by atoms with Crippen LogP contribution in [0.4, 0.5) is 5.69 Å². The summed E-state index contributed by atoms with van der Waals surface area (Å²) in [4.78, 5) is 12.0. The van der Waals surface area contributed by atoms with Gasteiger partial charge in [-0.15, -0.1) is 0 Å². The average Bonchev–Trinajstić information content (AvgIpc) is 2.90.